The van der Waals surface area contributed by atoms with Gasteiger partial charge in [0.1, 0.15) is 23.3 Å². The minimum absolute atomic E-state index is 0.0667. The van der Waals surface area contributed by atoms with Crippen molar-refractivity contribution in [2.24, 2.45) is 0 Å². The quantitative estimate of drug-likeness (QED) is 0.859. The largest absolute Gasteiger partial charge is 0.475 e. The van der Waals surface area contributed by atoms with Gasteiger partial charge < -0.3 is 14.4 Å². The molecule has 6 nitrogen and oxygen atoms in total. The molecule has 2 aromatic rings. The normalized spacial score (nSPS) is 14.2. The highest BCUT2D eigenvalue weighted by Crippen LogP contribution is 2.35. The first kappa shape index (κ1) is 13.7. The number of ether oxygens (including phenoxy) is 2. The molecule has 0 amide bonds. The van der Waals surface area contributed by atoms with Crippen molar-refractivity contribution in [2.45, 2.75) is 6.43 Å². The fourth-order valence-corrected chi connectivity index (χ4v) is 2.17. The second kappa shape index (κ2) is 5.23. The van der Waals surface area contributed by atoms with Gasteiger partial charge in [0.2, 0.25) is 5.88 Å². The zero-order valence-corrected chi connectivity index (χ0v) is 11.0. The number of pyridine rings is 1. The van der Waals surface area contributed by atoms with Crippen molar-refractivity contribution < 1.29 is 22.6 Å². The summed E-state index contributed by atoms with van der Waals surface area (Å²) in [7, 11) is 1.32. The van der Waals surface area contributed by atoms with Crippen LogP contribution in [0.5, 0.6) is 11.9 Å². The van der Waals surface area contributed by atoms with Gasteiger partial charge in [0.05, 0.1) is 26.4 Å². The lowest BCUT2D eigenvalue weighted by atomic mass is 10.2. The van der Waals surface area contributed by atoms with E-state index in [4.69, 9.17) is 9.47 Å². The lowest BCUT2D eigenvalue weighted by molar-refractivity contribution is 0.153. The molecule has 0 atom stereocenters. The molecule has 21 heavy (non-hydrogen) atoms. The fourth-order valence-electron chi connectivity index (χ4n) is 2.17. The lowest BCUT2D eigenvalue weighted by Gasteiger charge is -2.21. The maximum Gasteiger partial charge on any atom is 0.318 e. The van der Waals surface area contributed by atoms with Gasteiger partial charge in [-0.05, 0) is 0 Å². The molecule has 0 N–H and O–H groups in total. The lowest BCUT2D eigenvalue weighted by Crippen LogP contribution is -2.32. The summed E-state index contributed by atoms with van der Waals surface area (Å²) < 4.78 is 49.7. The molecule has 112 valence electrons. The van der Waals surface area contributed by atoms with Gasteiger partial charge in [-0.15, -0.1) is 0 Å². The summed E-state index contributed by atoms with van der Waals surface area (Å²) in [5.74, 6) is -0.435. The van der Waals surface area contributed by atoms with Gasteiger partial charge in [-0.3, -0.25) is 0 Å². The Morgan fingerprint density at radius 3 is 2.95 bits per heavy atom. The third kappa shape index (κ3) is 2.39. The van der Waals surface area contributed by atoms with Crippen LogP contribution in [0.1, 0.15) is 0 Å². The Balaban J connectivity index is 2.27. The summed E-state index contributed by atoms with van der Waals surface area (Å²) in [6, 6.07) is -0.102. The highest BCUT2D eigenvalue weighted by molar-refractivity contribution is 5.94. The molecule has 0 saturated heterocycles. The Labute approximate surface area is 117 Å². The van der Waals surface area contributed by atoms with Crippen molar-refractivity contribution in [3.8, 4) is 11.9 Å². The second-order valence-electron chi connectivity index (χ2n) is 4.35. The van der Waals surface area contributed by atoms with E-state index in [1.165, 1.54) is 12.0 Å². The van der Waals surface area contributed by atoms with E-state index in [-0.39, 0.29) is 41.8 Å². The van der Waals surface area contributed by atoms with Gasteiger partial charge in [-0.25, -0.2) is 18.2 Å². The average Bonchev–Trinajstić information content (AvgIpc) is 2.63. The van der Waals surface area contributed by atoms with E-state index in [1.807, 2.05) is 0 Å². The molecule has 0 aliphatic carbocycles. The van der Waals surface area contributed by atoms with Gasteiger partial charge in [0.25, 0.3) is 6.43 Å². The number of aromatic nitrogens is 3. The molecule has 0 saturated carbocycles. The van der Waals surface area contributed by atoms with Crippen molar-refractivity contribution in [2.75, 3.05) is 31.7 Å². The summed E-state index contributed by atoms with van der Waals surface area (Å²) in [5, 5.41) is 0.175. The monoisotopic (exact) mass is 300 g/mol. The molecule has 0 aromatic carbocycles. The Morgan fingerprint density at radius 1 is 1.43 bits per heavy atom. The van der Waals surface area contributed by atoms with Crippen LogP contribution in [0.3, 0.4) is 0 Å². The van der Waals surface area contributed by atoms with E-state index < -0.39 is 18.8 Å². The van der Waals surface area contributed by atoms with Gasteiger partial charge in [0, 0.05) is 0 Å². The van der Waals surface area contributed by atoms with Gasteiger partial charge >= 0.3 is 6.01 Å². The molecule has 3 rings (SSSR count). The number of alkyl halides is 2. The number of halogens is 3. The summed E-state index contributed by atoms with van der Waals surface area (Å²) in [4.78, 5) is 13.1. The first-order chi connectivity index (χ1) is 10.1. The number of rotatable bonds is 3. The van der Waals surface area contributed by atoms with Crippen molar-refractivity contribution >= 4 is 16.7 Å². The van der Waals surface area contributed by atoms with Crippen LogP contribution in [-0.2, 0) is 0 Å². The maximum absolute atomic E-state index is 13.9. The predicted octanol–water partition coefficient (Wildman–Crippen LogP) is 1.64. The standard InChI is InChI=1S/C12H11F3N4O2/c1-20-12-17-9-6(13)4-16-11-8(9)10(18-12)19(2-3-21-11)5-7(14)15/h4,7H,2-3,5H2,1H3. The number of nitrogens with zero attached hydrogens (tertiary/aromatic N) is 4. The van der Waals surface area contributed by atoms with Crippen molar-refractivity contribution in [3.05, 3.63) is 12.0 Å². The third-order valence-electron chi connectivity index (χ3n) is 3.05. The molecule has 9 heteroatoms. The summed E-state index contributed by atoms with van der Waals surface area (Å²) in [6.07, 6.45) is -1.60. The van der Waals surface area contributed by atoms with E-state index >= 15 is 0 Å². The molecule has 1 aliphatic heterocycles. The molecule has 1 aliphatic rings. The van der Waals surface area contributed by atoms with Crippen molar-refractivity contribution in [3.63, 3.8) is 0 Å². The van der Waals surface area contributed by atoms with Gasteiger partial charge in [0.15, 0.2) is 5.82 Å². The predicted molar refractivity (Wildman–Crippen MR) is 67.6 cm³/mol. The molecule has 0 fully saturated rings. The van der Waals surface area contributed by atoms with Gasteiger partial charge in [-0.1, -0.05) is 0 Å². The topological polar surface area (TPSA) is 60.4 Å². The minimum atomic E-state index is -2.57. The minimum Gasteiger partial charge on any atom is -0.475 e. The van der Waals surface area contributed by atoms with Gasteiger partial charge in [-0.2, -0.15) is 9.97 Å². The molecule has 0 unspecified atom stereocenters. The van der Waals surface area contributed by atoms with Crippen LogP contribution in [0.15, 0.2) is 6.20 Å². The summed E-state index contributed by atoms with van der Waals surface area (Å²) in [6.45, 7) is -0.231. The fraction of sp³-hybridized carbons (Fsp3) is 0.417. The number of hydrogen-bond donors (Lipinski definition) is 0. The van der Waals surface area contributed by atoms with Crippen LogP contribution >= 0.6 is 0 Å². The van der Waals surface area contributed by atoms with E-state index in [9.17, 15) is 13.2 Å². The van der Waals surface area contributed by atoms with E-state index in [1.54, 1.807) is 0 Å². The molecular weight excluding hydrogens is 289 g/mol. The van der Waals surface area contributed by atoms with Crippen LogP contribution < -0.4 is 14.4 Å². The average molecular weight is 300 g/mol. The SMILES string of the molecule is COc1nc2c3c(ncc(F)c3n1)OCCN2CC(F)F. The van der Waals surface area contributed by atoms with E-state index in [0.717, 1.165) is 6.20 Å². The Bertz CT molecular complexity index is 683. The van der Waals surface area contributed by atoms with Crippen LogP contribution in [0.2, 0.25) is 0 Å². The summed E-state index contributed by atoms with van der Waals surface area (Å²) in [5.41, 5.74) is -0.0667. The molecule has 0 spiro atoms. The zero-order chi connectivity index (χ0) is 15.0. The number of anilines is 1. The molecule has 3 heterocycles. The van der Waals surface area contributed by atoms with Crippen LogP contribution in [0.25, 0.3) is 10.9 Å². The van der Waals surface area contributed by atoms with Crippen LogP contribution in [0, 0.1) is 5.82 Å². The second-order valence-corrected chi connectivity index (χ2v) is 4.35. The Kier molecular flexibility index (Phi) is 3.40. The molecule has 2 aromatic heterocycles. The van der Waals surface area contributed by atoms with E-state index in [2.05, 4.69) is 15.0 Å². The first-order valence-electron chi connectivity index (χ1n) is 6.16. The maximum atomic E-state index is 13.9. The first-order valence-corrected chi connectivity index (χ1v) is 6.16. The smallest absolute Gasteiger partial charge is 0.318 e. The van der Waals surface area contributed by atoms with E-state index in [0.29, 0.717) is 0 Å². The van der Waals surface area contributed by atoms with Crippen molar-refractivity contribution in [1.29, 1.82) is 0 Å². The molecular formula is C12H11F3N4O2. The van der Waals surface area contributed by atoms with Crippen molar-refractivity contribution in [1.82, 2.24) is 15.0 Å². The number of methoxy groups -OCH3 is 1. The third-order valence-corrected chi connectivity index (χ3v) is 3.05. The molecule has 0 bridgehead atoms. The van der Waals surface area contributed by atoms with Crippen LogP contribution in [0.4, 0.5) is 19.0 Å². The highest BCUT2D eigenvalue weighted by atomic mass is 19.3. The molecule has 0 radical (unpaired) electrons. The Hall–Kier alpha value is -2.32. The van der Waals surface area contributed by atoms with Crippen LogP contribution in [-0.4, -0.2) is 48.2 Å². The summed E-state index contributed by atoms with van der Waals surface area (Å²) >= 11 is 0. The zero-order valence-electron chi connectivity index (χ0n) is 11.0. The number of hydrogen-bond acceptors (Lipinski definition) is 6. The Morgan fingerprint density at radius 2 is 2.24 bits per heavy atom. The highest BCUT2D eigenvalue weighted by Gasteiger charge is 2.26.